The maximum Gasteiger partial charge on any atom is 0.306 e. The van der Waals surface area contributed by atoms with E-state index in [0.29, 0.717) is 6.42 Å². The van der Waals surface area contributed by atoms with Gasteiger partial charge < -0.3 is 5.11 Å². The minimum Gasteiger partial charge on any atom is -0.481 e. The van der Waals surface area contributed by atoms with Crippen LogP contribution in [0.25, 0.3) is 0 Å². The summed E-state index contributed by atoms with van der Waals surface area (Å²) in [5, 5.41) is 8.78. The number of alkyl halides is 1. The Hall–Kier alpha value is -0.640. The predicted molar refractivity (Wildman–Crippen MR) is 54.5 cm³/mol. The van der Waals surface area contributed by atoms with Gasteiger partial charge in [-0.05, 0) is 45.2 Å². The lowest BCUT2D eigenvalue weighted by Crippen LogP contribution is -2.46. The molecule has 0 aromatic rings. The normalized spacial score (nSPS) is 37.3. The lowest BCUT2D eigenvalue weighted by atomic mass is 9.87. The molecule has 0 aromatic heterocycles. The zero-order valence-corrected chi connectivity index (χ0v) is 8.91. The zero-order valence-electron chi connectivity index (χ0n) is 8.91. The van der Waals surface area contributed by atoms with E-state index in [1.165, 1.54) is 0 Å². The molecule has 86 valence electrons. The van der Waals surface area contributed by atoms with E-state index in [0.717, 1.165) is 38.8 Å². The van der Waals surface area contributed by atoms with Crippen LogP contribution in [0.5, 0.6) is 0 Å². The van der Waals surface area contributed by atoms with Crippen molar-refractivity contribution in [3.63, 3.8) is 0 Å². The maximum atomic E-state index is 14.6. The standard InChI is InChI=1S/C11H18FNO2/c12-11(8-10(14)15)5-1-2-6-13-7-3-4-9(11)13/h9H,1-8H2,(H,14,15). The SMILES string of the molecule is O=C(O)CC1(F)CCCCN2CCCC21. The van der Waals surface area contributed by atoms with Gasteiger partial charge in [-0.2, -0.15) is 0 Å². The third-order valence-corrected chi connectivity index (χ3v) is 3.69. The van der Waals surface area contributed by atoms with Crippen molar-refractivity contribution in [1.82, 2.24) is 4.90 Å². The number of hydrogen-bond acceptors (Lipinski definition) is 2. The van der Waals surface area contributed by atoms with Crippen molar-refractivity contribution in [3.05, 3.63) is 0 Å². The number of halogens is 1. The molecule has 1 N–H and O–H groups in total. The third kappa shape index (κ3) is 2.14. The summed E-state index contributed by atoms with van der Waals surface area (Å²) in [7, 11) is 0. The van der Waals surface area contributed by atoms with Gasteiger partial charge in [0, 0.05) is 6.04 Å². The summed E-state index contributed by atoms with van der Waals surface area (Å²) in [6.07, 6.45) is 3.74. The average molecular weight is 215 g/mol. The van der Waals surface area contributed by atoms with Gasteiger partial charge in [0.2, 0.25) is 0 Å². The monoisotopic (exact) mass is 215 g/mol. The fourth-order valence-corrected chi connectivity index (χ4v) is 3.04. The third-order valence-electron chi connectivity index (χ3n) is 3.69. The lowest BCUT2D eigenvalue weighted by molar-refractivity contribution is -0.141. The molecule has 2 aliphatic rings. The van der Waals surface area contributed by atoms with E-state index in [-0.39, 0.29) is 12.5 Å². The van der Waals surface area contributed by atoms with Gasteiger partial charge in [0.25, 0.3) is 0 Å². The van der Waals surface area contributed by atoms with Gasteiger partial charge in [-0.15, -0.1) is 0 Å². The van der Waals surface area contributed by atoms with Crippen molar-refractivity contribution < 1.29 is 14.3 Å². The van der Waals surface area contributed by atoms with Crippen molar-refractivity contribution in [2.45, 2.75) is 50.2 Å². The lowest BCUT2D eigenvalue weighted by Gasteiger charge is -2.33. The van der Waals surface area contributed by atoms with Crippen LogP contribution in [-0.2, 0) is 4.79 Å². The smallest absolute Gasteiger partial charge is 0.306 e. The first kappa shape index (κ1) is 10.9. The van der Waals surface area contributed by atoms with Crippen molar-refractivity contribution in [2.75, 3.05) is 13.1 Å². The maximum absolute atomic E-state index is 14.6. The summed E-state index contributed by atoms with van der Waals surface area (Å²) in [5.74, 6) is -1.01. The molecule has 2 aliphatic heterocycles. The second-order valence-corrected chi connectivity index (χ2v) is 4.76. The van der Waals surface area contributed by atoms with Crippen molar-refractivity contribution in [2.24, 2.45) is 0 Å². The van der Waals surface area contributed by atoms with E-state index in [1.54, 1.807) is 0 Å². The number of carbonyl (C=O) groups is 1. The molecule has 2 saturated heterocycles. The van der Waals surface area contributed by atoms with Gasteiger partial charge in [-0.25, -0.2) is 4.39 Å². The Morgan fingerprint density at radius 3 is 2.87 bits per heavy atom. The topological polar surface area (TPSA) is 40.5 Å². The molecule has 2 rings (SSSR count). The Kier molecular flexibility index (Phi) is 2.96. The van der Waals surface area contributed by atoms with Gasteiger partial charge >= 0.3 is 5.97 Å². The highest BCUT2D eigenvalue weighted by molar-refractivity contribution is 5.68. The molecule has 2 atom stereocenters. The van der Waals surface area contributed by atoms with E-state index in [9.17, 15) is 9.18 Å². The summed E-state index contributed by atoms with van der Waals surface area (Å²) in [5.41, 5.74) is -1.49. The summed E-state index contributed by atoms with van der Waals surface area (Å²) in [6.45, 7) is 1.88. The van der Waals surface area contributed by atoms with E-state index < -0.39 is 11.6 Å². The first-order valence-electron chi connectivity index (χ1n) is 5.76. The molecular formula is C11H18FNO2. The molecule has 0 spiro atoms. The number of carboxylic acid groups (broad SMARTS) is 1. The Morgan fingerprint density at radius 1 is 1.40 bits per heavy atom. The van der Waals surface area contributed by atoms with Gasteiger partial charge in [0.1, 0.15) is 5.67 Å². The van der Waals surface area contributed by atoms with E-state index in [1.807, 2.05) is 0 Å². The van der Waals surface area contributed by atoms with Crippen LogP contribution in [0.1, 0.15) is 38.5 Å². The number of carboxylic acids is 1. The largest absolute Gasteiger partial charge is 0.481 e. The predicted octanol–water partition coefficient (Wildman–Crippen LogP) is 1.82. The fourth-order valence-electron chi connectivity index (χ4n) is 3.04. The van der Waals surface area contributed by atoms with Gasteiger partial charge in [-0.1, -0.05) is 0 Å². The molecular weight excluding hydrogens is 197 g/mol. The van der Waals surface area contributed by atoms with Crippen molar-refractivity contribution in [1.29, 1.82) is 0 Å². The minimum atomic E-state index is -1.49. The Labute approximate surface area is 89.3 Å². The van der Waals surface area contributed by atoms with Crippen LogP contribution in [0.4, 0.5) is 4.39 Å². The van der Waals surface area contributed by atoms with Crippen LogP contribution in [0.15, 0.2) is 0 Å². The Bertz CT molecular complexity index is 259. The highest BCUT2D eigenvalue weighted by atomic mass is 19.1. The molecule has 2 unspecified atom stereocenters. The van der Waals surface area contributed by atoms with E-state index >= 15 is 0 Å². The van der Waals surface area contributed by atoms with Crippen molar-refractivity contribution >= 4 is 5.97 Å². The van der Waals surface area contributed by atoms with Crippen LogP contribution in [0.3, 0.4) is 0 Å². The summed E-state index contributed by atoms with van der Waals surface area (Å²) in [4.78, 5) is 12.9. The highest BCUT2D eigenvalue weighted by Gasteiger charge is 2.46. The fraction of sp³-hybridized carbons (Fsp3) is 0.909. The molecule has 15 heavy (non-hydrogen) atoms. The molecule has 0 radical (unpaired) electrons. The van der Waals surface area contributed by atoms with E-state index in [4.69, 9.17) is 5.11 Å². The number of hydrogen-bond donors (Lipinski definition) is 1. The van der Waals surface area contributed by atoms with Crippen LogP contribution in [0.2, 0.25) is 0 Å². The van der Waals surface area contributed by atoms with Gasteiger partial charge in [0.05, 0.1) is 6.42 Å². The Balaban J connectivity index is 2.15. The molecule has 4 heteroatoms. The highest BCUT2D eigenvalue weighted by Crippen LogP contribution is 2.39. The molecule has 0 bridgehead atoms. The van der Waals surface area contributed by atoms with Crippen molar-refractivity contribution in [3.8, 4) is 0 Å². The molecule has 0 amide bonds. The molecule has 0 saturated carbocycles. The molecule has 3 nitrogen and oxygen atoms in total. The van der Waals surface area contributed by atoms with Crippen LogP contribution in [0, 0.1) is 0 Å². The average Bonchev–Trinajstić information content (AvgIpc) is 2.55. The number of nitrogens with zero attached hydrogens (tertiary/aromatic N) is 1. The van der Waals surface area contributed by atoms with E-state index in [2.05, 4.69) is 4.90 Å². The summed E-state index contributed by atoms with van der Waals surface area (Å²) >= 11 is 0. The Morgan fingerprint density at radius 2 is 2.13 bits per heavy atom. The molecule has 2 heterocycles. The number of aliphatic carboxylic acids is 1. The van der Waals surface area contributed by atoms with Gasteiger partial charge in [-0.3, -0.25) is 9.69 Å². The molecule has 2 fully saturated rings. The van der Waals surface area contributed by atoms with Crippen LogP contribution in [-0.4, -0.2) is 40.8 Å². The summed E-state index contributed by atoms with van der Waals surface area (Å²) in [6, 6.07) is -0.143. The summed E-state index contributed by atoms with van der Waals surface area (Å²) < 4.78 is 14.6. The molecule has 0 aliphatic carbocycles. The number of rotatable bonds is 2. The second-order valence-electron chi connectivity index (χ2n) is 4.76. The zero-order chi connectivity index (χ0) is 10.9. The van der Waals surface area contributed by atoms with Crippen LogP contribution >= 0.6 is 0 Å². The van der Waals surface area contributed by atoms with Gasteiger partial charge in [0.15, 0.2) is 0 Å². The number of fused-ring (bicyclic) bond motifs is 1. The first-order valence-corrected chi connectivity index (χ1v) is 5.76. The minimum absolute atomic E-state index is 0.143. The van der Waals surface area contributed by atoms with Crippen LogP contribution < -0.4 is 0 Å². The molecule has 0 aromatic carbocycles. The second kappa shape index (κ2) is 4.08. The first-order chi connectivity index (χ1) is 7.12. The quantitative estimate of drug-likeness (QED) is 0.763.